The number of halogens is 2. The van der Waals surface area contributed by atoms with Crippen LogP contribution in [-0.4, -0.2) is 0 Å². The molecule has 1 aliphatic carbocycles. The number of nitrogens with two attached hydrogens (primary N) is 1. The van der Waals surface area contributed by atoms with Crippen LogP contribution in [0, 0.1) is 5.82 Å². The maximum absolute atomic E-state index is 13.9. The highest BCUT2D eigenvalue weighted by Crippen LogP contribution is 2.29. The average Bonchev–Trinajstić information content (AvgIpc) is 2.48. The molecule has 2 N–H and O–H groups in total. The van der Waals surface area contributed by atoms with Gasteiger partial charge < -0.3 is 5.73 Å². The molecule has 0 aromatic heterocycles. The van der Waals surface area contributed by atoms with Crippen LogP contribution in [0.25, 0.3) is 0 Å². The van der Waals surface area contributed by atoms with E-state index in [2.05, 4.69) is 28.1 Å². The predicted molar refractivity (Wildman–Crippen MR) is 83.2 cm³/mol. The fourth-order valence-corrected chi connectivity index (χ4v) is 3.26. The second-order valence-corrected chi connectivity index (χ2v) is 6.29. The predicted octanol–water partition coefficient (Wildman–Crippen LogP) is 4.52. The maximum Gasteiger partial charge on any atom is 0.128 e. The summed E-state index contributed by atoms with van der Waals surface area (Å²) in [7, 11) is 0. The summed E-state index contributed by atoms with van der Waals surface area (Å²) in [6, 6.07) is 10.8. The van der Waals surface area contributed by atoms with Gasteiger partial charge in [-0.25, -0.2) is 4.39 Å². The van der Waals surface area contributed by atoms with Crippen LogP contribution < -0.4 is 5.73 Å². The van der Waals surface area contributed by atoms with Gasteiger partial charge in [-0.2, -0.15) is 0 Å². The van der Waals surface area contributed by atoms with Gasteiger partial charge in [0.2, 0.25) is 0 Å². The van der Waals surface area contributed by atoms with Gasteiger partial charge in [-0.05, 0) is 60.6 Å². The summed E-state index contributed by atoms with van der Waals surface area (Å²) in [6.07, 6.45) is 4.75. The minimum absolute atomic E-state index is 0.251. The fourth-order valence-electron chi connectivity index (χ4n) is 2.88. The van der Waals surface area contributed by atoms with E-state index in [-0.39, 0.29) is 5.82 Å². The van der Waals surface area contributed by atoms with E-state index in [0.717, 1.165) is 22.9 Å². The molecule has 20 heavy (non-hydrogen) atoms. The highest BCUT2D eigenvalue weighted by molar-refractivity contribution is 9.10. The Morgan fingerprint density at radius 2 is 1.75 bits per heavy atom. The number of rotatable bonds is 2. The van der Waals surface area contributed by atoms with E-state index in [1.165, 1.54) is 30.0 Å². The van der Waals surface area contributed by atoms with Crippen LogP contribution in [0.2, 0.25) is 0 Å². The minimum Gasteiger partial charge on any atom is -0.320 e. The van der Waals surface area contributed by atoms with Crippen LogP contribution in [0.1, 0.15) is 41.1 Å². The van der Waals surface area contributed by atoms with Crippen LogP contribution in [0.15, 0.2) is 40.9 Å². The molecule has 2 aromatic rings. The molecule has 3 heteroatoms. The van der Waals surface area contributed by atoms with Crippen molar-refractivity contribution in [3.05, 3.63) is 68.9 Å². The molecule has 1 unspecified atom stereocenters. The highest BCUT2D eigenvalue weighted by Gasteiger charge is 2.16. The summed E-state index contributed by atoms with van der Waals surface area (Å²) in [4.78, 5) is 0. The van der Waals surface area contributed by atoms with Crippen molar-refractivity contribution >= 4 is 15.9 Å². The molecule has 0 saturated carbocycles. The third kappa shape index (κ3) is 2.65. The molecule has 3 rings (SSSR count). The normalized spacial score (nSPS) is 15.8. The van der Waals surface area contributed by atoms with Crippen LogP contribution in [0.5, 0.6) is 0 Å². The molecule has 2 aromatic carbocycles. The molecular formula is C17H17BrFN. The van der Waals surface area contributed by atoms with Crippen LogP contribution in [0.4, 0.5) is 4.39 Å². The lowest BCUT2D eigenvalue weighted by molar-refractivity contribution is 0.598. The van der Waals surface area contributed by atoms with E-state index < -0.39 is 6.04 Å². The van der Waals surface area contributed by atoms with Gasteiger partial charge >= 0.3 is 0 Å². The molecule has 0 radical (unpaired) electrons. The first-order chi connectivity index (χ1) is 9.65. The lowest BCUT2D eigenvalue weighted by Gasteiger charge is -2.20. The monoisotopic (exact) mass is 333 g/mol. The zero-order valence-corrected chi connectivity index (χ0v) is 12.8. The molecule has 1 atom stereocenters. The highest BCUT2D eigenvalue weighted by atomic mass is 79.9. The van der Waals surface area contributed by atoms with Crippen molar-refractivity contribution in [3.8, 4) is 0 Å². The summed E-state index contributed by atoms with van der Waals surface area (Å²) in [5, 5.41) is 0. The van der Waals surface area contributed by atoms with Crippen molar-refractivity contribution < 1.29 is 4.39 Å². The summed E-state index contributed by atoms with van der Waals surface area (Å²) in [5.41, 5.74) is 10.6. The summed E-state index contributed by atoms with van der Waals surface area (Å²) < 4.78 is 14.8. The molecule has 1 aliphatic rings. The van der Waals surface area contributed by atoms with Crippen molar-refractivity contribution in [2.24, 2.45) is 5.73 Å². The smallest absolute Gasteiger partial charge is 0.128 e. The third-order valence-corrected chi connectivity index (χ3v) is 4.52. The lowest BCUT2D eigenvalue weighted by Crippen LogP contribution is -2.15. The van der Waals surface area contributed by atoms with Crippen molar-refractivity contribution in [1.29, 1.82) is 0 Å². The van der Waals surface area contributed by atoms with E-state index in [1.807, 2.05) is 6.07 Å². The Labute approximate surface area is 127 Å². The van der Waals surface area contributed by atoms with Crippen molar-refractivity contribution in [1.82, 2.24) is 0 Å². The topological polar surface area (TPSA) is 26.0 Å². The van der Waals surface area contributed by atoms with E-state index in [4.69, 9.17) is 5.73 Å². The second kappa shape index (κ2) is 5.66. The molecule has 0 spiro atoms. The summed E-state index contributed by atoms with van der Waals surface area (Å²) in [5.74, 6) is -0.251. The minimum atomic E-state index is -0.417. The average molecular weight is 334 g/mol. The van der Waals surface area contributed by atoms with Crippen molar-refractivity contribution in [2.45, 2.75) is 31.7 Å². The molecule has 0 aliphatic heterocycles. The zero-order chi connectivity index (χ0) is 14.1. The Morgan fingerprint density at radius 3 is 2.55 bits per heavy atom. The molecule has 0 bridgehead atoms. The third-order valence-electron chi connectivity index (χ3n) is 4.02. The Kier molecular flexibility index (Phi) is 3.90. The molecular weight excluding hydrogens is 317 g/mol. The van der Waals surface area contributed by atoms with Crippen molar-refractivity contribution in [2.75, 3.05) is 0 Å². The zero-order valence-electron chi connectivity index (χ0n) is 11.2. The first-order valence-corrected chi connectivity index (χ1v) is 7.76. The van der Waals surface area contributed by atoms with Crippen LogP contribution in [0.3, 0.4) is 0 Å². The molecule has 0 saturated heterocycles. The number of fused-ring (bicyclic) bond motifs is 1. The van der Waals surface area contributed by atoms with Gasteiger partial charge in [0, 0.05) is 10.0 Å². The SMILES string of the molecule is NC(c1ccc2c(c1)CCCC2)c1cc(Br)ccc1F. The summed E-state index contributed by atoms with van der Waals surface area (Å²) in [6.45, 7) is 0. The number of hydrogen-bond acceptors (Lipinski definition) is 1. The van der Waals surface area contributed by atoms with E-state index in [0.29, 0.717) is 5.56 Å². The number of benzene rings is 2. The first-order valence-electron chi connectivity index (χ1n) is 6.97. The standard InChI is InChI=1S/C17H17BrFN/c18-14-7-8-16(19)15(10-14)17(20)13-6-5-11-3-1-2-4-12(11)9-13/h5-10,17H,1-4,20H2. The molecule has 0 fully saturated rings. The van der Waals surface area contributed by atoms with E-state index >= 15 is 0 Å². The largest absolute Gasteiger partial charge is 0.320 e. The van der Waals surface area contributed by atoms with E-state index in [1.54, 1.807) is 12.1 Å². The van der Waals surface area contributed by atoms with Crippen LogP contribution in [-0.2, 0) is 12.8 Å². The molecule has 0 heterocycles. The van der Waals surface area contributed by atoms with Gasteiger partial charge in [0.15, 0.2) is 0 Å². The Morgan fingerprint density at radius 1 is 1.00 bits per heavy atom. The lowest BCUT2D eigenvalue weighted by atomic mass is 9.88. The number of hydrogen-bond donors (Lipinski definition) is 1. The van der Waals surface area contributed by atoms with Gasteiger partial charge in [-0.1, -0.05) is 34.1 Å². The Hall–Kier alpha value is -1.19. The van der Waals surface area contributed by atoms with Crippen LogP contribution >= 0.6 is 15.9 Å². The second-order valence-electron chi connectivity index (χ2n) is 5.38. The van der Waals surface area contributed by atoms with Gasteiger partial charge in [0.25, 0.3) is 0 Å². The van der Waals surface area contributed by atoms with Gasteiger partial charge in [-0.15, -0.1) is 0 Å². The molecule has 0 amide bonds. The first kappa shape index (κ1) is 13.8. The number of aryl methyl sites for hydroxylation is 2. The van der Waals surface area contributed by atoms with Gasteiger partial charge in [0.05, 0.1) is 6.04 Å². The Bertz CT molecular complexity index is 639. The Balaban J connectivity index is 1.97. The quantitative estimate of drug-likeness (QED) is 0.859. The summed E-state index contributed by atoms with van der Waals surface area (Å²) >= 11 is 3.38. The molecule has 104 valence electrons. The van der Waals surface area contributed by atoms with Crippen molar-refractivity contribution in [3.63, 3.8) is 0 Å². The molecule has 1 nitrogen and oxygen atoms in total. The van der Waals surface area contributed by atoms with Gasteiger partial charge in [0.1, 0.15) is 5.82 Å². The fraction of sp³-hybridized carbons (Fsp3) is 0.294. The maximum atomic E-state index is 13.9. The van der Waals surface area contributed by atoms with E-state index in [9.17, 15) is 4.39 Å². The van der Waals surface area contributed by atoms with Gasteiger partial charge in [-0.3, -0.25) is 0 Å².